The van der Waals surface area contributed by atoms with Gasteiger partial charge in [-0.1, -0.05) is 71.7 Å². The number of likely N-dealkylation sites (tertiary alicyclic amines) is 2. The molecule has 61 heavy (non-hydrogen) atoms. The molecule has 320 valence electrons. The first-order valence-corrected chi connectivity index (χ1v) is 22.0. The summed E-state index contributed by atoms with van der Waals surface area (Å²) < 4.78 is 15.3. The summed E-state index contributed by atoms with van der Waals surface area (Å²) in [5, 5.41) is 6.41. The molecule has 3 aliphatic heterocycles. The molecule has 8 atom stereocenters. The lowest BCUT2D eigenvalue weighted by atomic mass is 9.90. The first-order chi connectivity index (χ1) is 29.6. The number of hydrogen-bond acceptors (Lipinski definition) is 9. The van der Waals surface area contributed by atoms with Gasteiger partial charge in [0.25, 0.3) is 0 Å². The van der Waals surface area contributed by atoms with Gasteiger partial charge >= 0.3 is 12.2 Å². The number of H-pyrrole nitrogens is 2. The molecule has 15 nitrogen and oxygen atoms in total. The van der Waals surface area contributed by atoms with Gasteiger partial charge in [-0.25, -0.2) is 19.6 Å². The third-order valence-corrected chi connectivity index (χ3v) is 14.2. The molecule has 2 aromatic heterocycles. The molecule has 3 saturated heterocycles. The Morgan fingerprint density at radius 1 is 0.639 bits per heavy atom. The third-order valence-electron chi connectivity index (χ3n) is 13.6. The van der Waals surface area contributed by atoms with E-state index in [-0.39, 0.29) is 47.8 Å². The second-order valence-electron chi connectivity index (χ2n) is 17.4. The quantitative estimate of drug-likeness (QED) is 0.123. The average Bonchev–Trinajstić information content (AvgIpc) is 4.25. The molecular weight excluding hydrogens is 823 g/mol. The number of aromatic nitrogens is 4. The summed E-state index contributed by atoms with van der Waals surface area (Å²) in [5.74, 6) is 1.92. The minimum absolute atomic E-state index is 0.0539. The summed E-state index contributed by atoms with van der Waals surface area (Å²) in [6.45, 7) is 1.09. The van der Waals surface area contributed by atoms with Gasteiger partial charge in [0.05, 0.1) is 26.3 Å². The number of piperidine rings is 2. The number of rotatable bonds is 11. The van der Waals surface area contributed by atoms with E-state index in [1.807, 2.05) is 58.3 Å². The van der Waals surface area contributed by atoms with Crippen LogP contribution in [-0.4, -0.2) is 105 Å². The predicted molar refractivity (Wildman–Crippen MR) is 224 cm³/mol. The first-order valence-electron chi connectivity index (χ1n) is 21.2. The van der Waals surface area contributed by atoms with Crippen LogP contribution in [0.2, 0.25) is 10.3 Å². The van der Waals surface area contributed by atoms with Crippen LogP contribution < -0.4 is 10.6 Å². The zero-order valence-corrected chi connectivity index (χ0v) is 35.4. The van der Waals surface area contributed by atoms with E-state index >= 15 is 0 Å². The maximum absolute atomic E-state index is 14.2. The molecule has 4 N–H and O–H groups in total. The Hall–Kier alpha value is -5.12. The molecule has 17 heteroatoms. The van der Waals surface area contributed by atoms with Crippen LogP contribution in [0.1, 0.15) is 75.1 Å². The Labute approximate surface area is 362 Å². The van der Waals surface area contributed by atoms with Crippen LogP contribution in [0.3, 0.4) is 0 Å². The molecule has 2 aromatic carbocycles. The lowest BCUT2D eigenvalue weighted by Gasteiger charge is -2.35. The summed E-state index contributed by atoms with van der Waals surface area (Å²) in [6.07, 6.45) is 5.37. The highest BCUT2D eigenvalue weighted by atomic mass is 35.5. The predicted octanol–water partition coefficient (Wildman–Crippen LogP) is 7.05. The summed E-state index contributed by atoms with van der Waals surface area (Å²) in [4.78, 5) is 72.9. The van der Waals surface area contributed by atoms with Crippen LogP contribution in [0.15, 0.2) is 48.5 Å². The van der Waals surface area contributed by atoms with Crippen molar-refractivity contribution in [2.45, 2.75) is 87.6 Å². The normalized spacial score (nSPS) is 26.2. The van der Waals surface area contributed by atoms with Gasteiger partial charge in [-0.3, -0.25) is 9.59 Å². The van der Waals surface area contributed by atoms with Crippen molar-refractivity contribution in [3.8, 4) is 33.6 Å². The van der Waals surface area contributed by atoms with Crippen molar-refractivity contribution in [1.82, 2.24) is 40.4 Å². The van der Waals surface area contributed by atoms with Gasteiger partial charge in [-0.15, -0.1) is 0 Å². The highest BCUT2D eigenvalue weighted by Gasteiger charge is 2.58. The average molecular weight is 872 g/mol. The molecule has 3 saturated carbocycles. The molecule has 0 spiro atoms. The van der Waals surface area contributed by atoms with Crippen LogP contribution >= 0.6 is 23.2 Å². The summed E-state index contributed by atoms with van der Waals surface area (Å²) >= 11 is 13.6. The van der Waals surface area contributed by atoms with E-state index in [9.17, 15) is 19.2 Å². The smallest absolute Gasteiger partial charge is 0.407 e. The SMILES string of the molecule is COC(=O)N[C@H](C(=O)N1[C@@H]2C[C@@H]2C[C@H]1c1nc(-c2ccc(-c3ccc(-c4nc([C@@H]5C[C@H]6C[C@H]6N5C(=O)[C@@H](NC(=O)OC)C5CC5)[nH]c4Cl)cc3)cc2)c(Cl)[nH]1)C1CCOCC1. The number of ether oxygens (including phenoxy) is 3. The zero-order chi connectivity index (χ0) is 42.1. The molecular formula is C44H48Cl2N8O7. The molecule has 0 unspecified atom stereocenters. The van der Waals surface area contributed by atoms with Gasteiger partial charge in [-0.2, -0.15) is 0 Å². The molecule has 10 rings (SSSR count). The van der Waals surface area contributed by atoms with Crippen molar-refractivity contribution in [3.63, 3.8) is 0 Å². The van der Waals surface area contributed by atoms with Crippen LogP contribution in [-0.2, 0) is 23.8 Å². The fourth-order valence-corrected chi connectivity index (χ4v) is 10.5. The van der Waals surface area contributed by atoms with E-state index in [1.165, 1.54) is 14.2 Å². The Morgan fingerprint density at radius 2 is 1.03 bits per heavy atom. The van der Waals surface area contributed by atoms with Gasteiger partial charge in [0.1, 0.15) is 45.4 Å². The Bertz CT molecular complexity index is 2340. The van der Waals surface area contributed by atoms with Crippen molar-refractivity contribution < 1.29 is 33.4 Å². The van der Waals surface area contributed by atoms with Gasteiger partial charge in [0, 0.05) is 36.4 Å². The minimum atomic E-state index is -0.715. The summed E-state index contributed by atoms with van der Waals surface area (Å²) in [5.41, 5.74) is 4.87. The van der Waals surface area contributed by atoms with Crippen LogP contribution in [0.4, 0.5) is 9.59 Å². The van der Waals surface area contributed by atoms with Crippen LogP contribution in [0, 0.1) is 23.7 Å². The van der Waals surface area contributed by atoms with E-state index in [1.54, 1.807) is 0 Å². The number of carbonyl (C=O) groups is 4. The number of benzene rings is 2. The minimum Gasteiger partial charge on any atom is -0.453 e. The molecule has 0 radical (unpaired) electrons. The molecule has 4 amide bonds. The highest BCUT2D eigenvalue weighted by molar-refractivity contribution is 6.32. The number of carbonyl (C=O) groups excluding carboxylic acids is 4. The summed E-state index contributed by atoms with van der Waals surface area (Å²) in [6, 6.07) is 14.4. The van der Waals surface area contributed by atoms with E-state index < -0.39 is 24.3 Å². The van der Waals surface area contributed by atoms with Crippen molar-refractivity contribution in [1.29, 1.82) is 0 Å². The molecule has 3 aliphatic carbocycles. The number of nitrogens with one attached hydrogen (secondary N) is 4. The molecule has 6 fully saturated rings. The number of fused-ring (bicyclic) bond motifs is 2. The monoisotopic (exact) mass is 870 g/mol. The second kappa shape index (κ2) is 16.0. The lowest BCUT2D eigenvalue weighted by Crippen LogP contribution is -2.54. The first kappa shape index (κ1) is 40.0. The fourth-order valence-electron chi connectivity index (χ4n) is 10.0. The number of imidazole rings is 2. The largest absolute Gasteiger partial charge is 0.453 e. The number of methoxy groups -OCH3 is 2. The van der Waals surface area contributed by atoms with Crippen molar-refractivity contribution in [2.24, 2.45) is 23.7 Å². The Balaban J connectivity index is 0.830. The van der Waals surface area contributed by atoms with Gasteiger partial charge < -0.3 is 44.6 Å². The number of amides is 4. The number of aromatic amines is 2. The highest BCUT2D eigenvalue weighted by Crippen LogP contribution is 2.55. The summed E-state index contributed by atoms with van der Waals surface area (Å²) in [7, 11) is 2.61. The van der Waals surface area contributed by atoms with Crippen molar-refractivity contribution >= 4 is 47.2 Å². The van der Waals surface area contributed by atoms with E-state index in [0.717, 1.165) is 60.8 Å². The molecule has 5 heterocycles. The van der Waals surface area contributed by atoms with Gasteiger partial charge in [-0.05, 0) is 86.2 Å². The van der Waals surface area contributed by atoms with Crippen molar-refractivity contribution in [2.75, 3.05) is 27.4 Å². The number of alkyl carbamates (subject to hydrolysis) is 2. The van der Waals surface area contributed by atoms with Crippen molar-refractivity contribution in [3.05, 3.63) is 70.5 Å². The van der Waals surface area contributed by atoms with Gasteiger partial charge in [0.15, 0.2) is 0 Å². The zero-order valence-electron chi connectivity index (χ0n) is 33.9. The van der Waals surface area contributed by atoms with Crippen LogP contribution in [0.5, 0.6) is 0 Å². The Morgan fingerprint density at radius 3 is 1.43 bits per heavy atom. The Kier molecular flexibility index (Phi) is 10.5. The number of halogens is 2. The number of nitrogens with zero attached hydrogens (tertiary/aromatic N) is 4. The lowest BCUT2D eigenvalue weighted by molar-refractivity contribution is -0.138. The molecule has 0 bridgehead atoms. The van der Waals surface area contributed by atoms with Gasteiger partial charge in [0.2, 0.25) is 11.8 Å². The van der Waals surface area contributed by atoms with Crippen LogP contribution in [0.25, 0.3) is 33.6 Å². The van der Waals surface area contributed by atoms with E-state index in [0.29, 0.717) is 71.2 Å². The third kappa shape index (κ3) is 7.62. The maximum atomic E-state index is 14.2. The maximum Gasteiger partial charge on any atom is 0.407 e. The fraction of sp³-hybridized carbons (Fsp3) is 0.500. The standard InChI is InChI=1S/C44H48Cl2N8O7/c1-59-43(57)49-35(25-11-12-25)41(55)53-29-17-27(29)19-31(53)39-47-33(37(45)51-39)23-7-3-21(4-8-23)22-5-9-24(10-6-22)34-38(46)52-40(48-34)32-20-28-18-30(28)54(32)42(56)36(50-44(58)60-2)26-13-15-61-16-14-26/h3-10,25-32,35-36H,11-20H2,1-2H3,(H,47,51)(H,48,52)(H,49,57)(H,50,58)/t27-,28-,29-,30-,31+,32+,35+,36+/m1/s1. The number of hydrogen-bond donors (Lipinski definition) is 4. The second-order valence-corrected chi connectivity index (χ2v) is 18.1. The van der Waals surface area contributed by atoms with E-state index in [2.05, 4.69) is 20.6 Å². The topological polar surface area (TPSA) is 184 Å². The van der Waals surface area contributed by atoms with E-state index in [4.69, 9.17) is 47.4 Å². The molecule has 4 aromatic rings. The molecule has 6 aliphatic rings.